The molecule has 2 aromatic heterocycles. The third kappa shape index (κ3) is 3.82. The van der Waals surface area contributed by atoms with Crippen molar-refractivity contribution in [1.82, 2.24) is 9.97 Å². The first-order valence-corrected chi connectivity index (χ1v) is 5.48. The van der Waals surface area contributed by atoms with Gasteiger partial charge >= 0.3 is 0 Å². The minimum absolute atomic E-state index is 0. The maximum atomic E-state index is 4.14. The van der Waals surface area contributed by atoms with Gasteiger partial charge in [0.25, 0.3) is 0 Å². The molecular weight excluding hydrogens is 311 g/mol. The van der Waals surface area contributed by atoms with Crippen LogP contribution in [0, 0.1) is 0 Å². The molecular formula is C12H10N2PdS. The van der Waals surface area contributed by atoms with Crippen LogP contribution < -0.4 is 0 Å². The van der Waals surface area contributed by atoms with Crippen molar-refractivity contribution in [3.63, 3.8) is 0 Å². The van der Waals surface area contributed by atoms with Crippen LogP contribution in [0.4, 0.5) is 0 Å². The summed E-state index contributed by atoms with van der Waals surface area (Å²) in [5, 5.41) is 0. The molecule has 3 rings (SSSR count). The van der Waals surface area contributed by atoms with Crippen LogP contribution in [0.1, 0.15) is 0 Å². The second-order valence-corrected chi connectivity index (χ2v) is 3.73. The number of para-hydroxylation sites is 1. The molecule has 0 spiro atoms. The summed E-state index contributed by atoms with van der Waals surface area (Å²) in [5.41, 5.74) is 2.97. The maximum Gasteiger partial charge on any atom is 0.0812 e. The predicted octanol–water partition coefficient (Wildman–Crippen LogP) is 3.38. The van der Waals surface area contributed by atoms with Crippen LogP contribution in [-0.2, 0) is 20.4 Å². The van der Waals surface area contributed by atoms with Crippen LogP contribution in [0.5, 0.6) is 0 Å². The Bertz CT molecular complexity index is 453. The number of nitrogens with zero attached hydrogens (tertiary/aromatic N) is 2. The van der Waals surface area contributed by atoms with Gasteiger partial charge in [-0.1, -0.05) is 18.2 Å². The van der Waals surface area contributed by atoms with Gasteiger partial charge in [0.1, 0.15) is 0 Å². The molecule has 0 fully saturated rings. The zero-order valence-electron chi connectivity index (χ0n) is 8.39. The fraction of sp³-hybridized carbons (Fsp3) is 0. The Balaban J connectivity index is 0.000000162. The summed E-state index contributed by atoms with van der Waals surface area (Å²) < 4.78 is 1.26. The summed E-state index contributed by atoms with van der Waals surface area (Å²) in [4.78, 5) is 7.92. The minimum Gasteiger partial charge on any atom is -0.265 e. The molecule has 2 nitrogen and oxygen atoms in total. The van der Waals surface area contributed by atoms with E-state index in [0.717, 1.165) is 5.52 Å². The van der Waals surface area contributed by atoms with Gasteiger partial charge < -0.3 is 0 Å². The van der Waals surface area contributed by atoms with Crippen LogP contribution in [0.2, 0.25) is 0 Å². The molecule has 0 aliphatic rings. The first-order chi connectivity index (χ1) is 7.47. The largest absolute Gasteiger partial charge is 0.265 e. The van der Waals surface area contributed by atoms with E-state index in [1.165, 1.54) is 4.70 Å². The smallest absolute Gasteiger partial charge is 0.0812 e. The number of thiazole rings is 1. The molecule has 0 aliphatic carbocycles. The van der Waals surface area contributed by atoms with E-state index in [0.29, 0.717) is 0 Å². The fourth-order valence-corrected chi connectivity index (χ4v) is 1.79. The summed E-state index contributed by atoms with van der Waals surface area (Å²) in [6.45, 7) is 0. The molecule has 0 amide bonds. The van der Waals surface area contributed by atoms with Gasteiger partial charge in [-0.3, -0.25) is 4.98 Å². The molecule has 3 aromatic rings. The first kappa shape index (κ1) is 13.0. The zero-order valence-corrected chi connectivity index (χ0v) is 10.8. The van der Waals surface area contributed by atoms with Crippen molar-refractivity contribution in [2.24, 2.45) is 0 Å². The molecule has 0 saturated carbocycles. The van der Waals surface area contributed by atoms with Crippen LogP contribution >= 0.6 is 11.3 Å². The van der Waals surface area contributed by atoms with Gasteiger partial charge in [0.15, 0.2) is 0 Å². The summed E-state index contributed by atoms with van der Waals surface area (Å²) in [7, 11) is 0. The van der Waals surface area contributed by atoms with Gasteiger partial charge in [-0.15, -0.1) is 11.3 Å². The molecule has 0 unspecified atom stereocenters. The van der Waals surface area contributed by atoms with E-state index in [2.05, 4.69) is 16.0 Å². The Kier molecular flexibility index (Phi) is 5.88. The van der Waals surface area contributed by atoms with Crippen LogP contribution in [0.25, 0.3) is 10.2 Å². The van der Waals surface area contributed by atoms with Crippen molar-refractivity contribution in [2.45, 2.75) is 0 Å². The number of benzene rings is 1. The summed E-state index contributed by atoms with van der Waals surface area (Å²) >= 11 is 1.68. The number of pyridine rings is 1. The molecule has 16 heavy (non-hydrogen) atoms. The Morgan fingerprint density at radius 1 is 0.875 bits per heavy atom. The van der Waals surface area contributed by atoms with Gasteiger partial charge in [0.2, 0.25) is 0 Å². The average molecular weight is 321 g/mol. The molecule has 0 atom stereocenters. The molecule has 4 heteroatoms. The van der Waals surface area contributed by atoms with Crippen molar-refractivity contribution >= 4 is 21.6 Å². The molecule has 2 heterocycles. The van der Waals surface area contributed by atoms with Gasteiger partial charge in [-0.2, -0.15) is 0 Å². The van der Waals surface area contributed by atoms with Crippen LogP contribution in [0.3, 0.4) is 0 Å². The molecule has 1 aromatic carbocycles. The van der Waals surface area contributed by atoms with Gasteiger partial charge in [0, 0.05) is 32.8 Å². The summed E-state index contributed by atoms with van der Waals surface area (Å²) in [6.07, 6.45) is 3.50. The van der Waals surface area contributed by atoms with Crippen LogP contribution in [0.15, 0.2) is 60.4 Å². The van der Waals surface area contributed by atoms with Crippen molar-refractivity contribution < 1.29 is 20.4 Å². The van der Waals surface area contributed by atoms with E-state index in [9.17, 15) is 0 Å². The Labute approximate surface area is 112 Å². The standard InChI is InChI=1S/C7H5NS.C5H5N.Pd/c1-2-4-7-6(3-1)8-5-9-7;1-2-4-6-5-3-1;/h1-5H;1-5H;. The Morgan fingerprint density at radius 2 is 1.62 bits per heavy atom. The van der Waals surface area contributed by atoms with E-state index in [1.54, 1.807) is 23.7 Å². The van der Waals surface area contributed by atoms with Crippen molar-refractivity contribution in [3.05, 3.63) is 60.4 Å². The second-order valence-electron chi connectivity index (χ2n) is 2.84. The quantitative estimate of drug-likeness (QED) is 0.593. The molecule has 0 bridgehead atoms. The van der Waals surface area contributed by atoms with Gasteiger partial charge in [-0.25, -0.2) is 4.98 Å². The topological polar surface area (TPSA) is 25.8 Å². The zero-order chi connectivity index (χ0) is 10.3. The first-order valence-electron chi connectivity index (χ1n) is 4.60. The second kappa shape index (κ2) is 7.24. The maximum absolute atomic E-state index is 4.14. The summed E-state index contributed by atoms with van der Waals surface area (Å²) in [6, 6.07) is 13.8. The number of rotatable bonds is 0. The number of fused-ring (bicyclic) bond motifs is 1. The molecule has 0 radical (unpaired) electrons. The van der Waals surface area contributed by atoms with E-state index < -0.39 is 0 Å². The molecule has 0 saturated heterocycles. The SMILES string of the molecule is [Pd].c1ccc2scnc2c1.c1ccncc1. The van der Waals surface area contributed by atoms with E-state index in [4.69, 9.17) is 0 Å². The Morgan fingerprint density at radius 3 is 2.19 bits per heavy atom. The van der Waals surface area contributed by atoms with Crippen LogP contribution in [-0.4, -0.2) is 9.97 Å². The monoisotopic (exact) mass is 320 g/mol. The summed E-state index contributed by atoms with van der Waals surface area (Å²) in [5.74, 6) is 0. The van der Waals surface area contributed by atoms with Gasteiger partial charge in [0.05, 0.1) is 15.7 Å². The molecule has 0 aliphatic heterocycles. The molecule has 0 N–H and O–H groups in total. The minimum atomic E-state index is 0. The third-order valence-corrected chi connectivity index (χ3v) is 2.61. The van der Waals surface area contributed by atoms with Crippen molar-refractivity contribution in [3.8, 4) is 0 Å². The number of hydrogen-bond acceptors (Lipinski definition) is 3. The van der Waals surface area contributed by atoms with Crippen molar-refractivity contribution in [2.75, 3.05) is 0 Å². The number of aromatic nitrogens is 2. The van der Waals surface area contributed by atoms with E-state index in [1.807, 2.05) is 41.9 Å². The number of hydrogen-bond donors (Lipinski definition) is 0. The molecule has 84 valence electrons. The Hall–Kier alpha value is -1.08. The van der Waals surface area contributed by atoms with Crippen molar-refractivity contribution in [1.29, 1.82) is 0 Å². The third-order valence-electron chi connectivity index (χ3n) is 1.80. The van der Waals surface area contributed by atoms with E-state index >= 15 is 0 Å². The fourth-order valence-electron chi connectivity index (χ4n) is 1.12. The van der Waals surface area contributed by atoms with E-state index in [-0.39, 0.29) is 20.4 Å². The van der Waals surface area contributed by atoms with Gasteiger partial charge in [-0.05, 0) is 24.3 Å². The predicted molar refractivity (Wildman–Crippen MR) is 63.9 cm³/mol. The normalized spacial score (nSPS) is 8.75. The average Bonchev–Trinajstić information content (AvgIpc) is 2.80.